The van der Waals surface area contributed by atoms with E-state index in [1.165, 1.54) is 30.3 Å². The van der Waals surface area contributed by atoms with E-state index < -0.39 is 5.25 Å². The molecule has 0 spiro atoms. The zero-order valence-electron chi connectivity index (χ0n) is 18.3. The Morgan fingerprint density at radius 1 is 0.788 bits per heavy atom. The molecule has 4 nitrogen and oxygen atoms in total. The average molecular weight is 463 g/mol. The molecule has 1 aliphatic carbocycles. The second-order valence-corrected chi connectivity index (χ2v) is 9.43. The van der Waals surface area contributed by atoms with Crippen LogP contribution in [0.5, 0.6) is 0 Å². The van der Waals surface area contributed by atoms with Crippen LogP contribution >= 0.6 is 11.8 Å². The lowest BCUT2D eigenvalue weighted by atomic mass is 9.88. The Morgan fingerprint density at radius 2 is 1.39 bits per heavy atom. The van der Waals surface area contributed by atoms with Crippen molar-refractivity contribution in [2.75, 3.05) is 10.6 Å². The van der Waals surface area contributed by atoms with Crippen molar-refractivity contribution in [1.29, 1.82) is 0 Å². The molecule has 0 aliphatic heterocycles. The molecule has 0 bridgehead atoms. The summed E-state index contributed by atoms with van der Waals surface area (Å²) in [6, 6.07) is 22.9. The lowest BCUT2D eigenvalue weighted by Gasteiger charge is -2.21. The predicted molar refractivity (Wildman–Crippen MR) is 132 cm³/mol. The number of carbonyl (C=O) groups excluding carboxylic acids is 2. The molecule has 3 aromatic carbocycles. The van der Waals surface area contributed by atoms with Crippen molar-refractivity contribution < 1.29 is 14.0 Å². The van der Waals surface area contributed by atoms with Crippen molar-refractivity contribution in [2.45, 2.75) is 42.2 Å². The summed E-state index contributed by atoms with van der Waals surface area (Å²) < 4.78 is 13.2. The van der Waals surface area contributed by atoms with Crippen molar-refractivity contribution in [3.05, 3.63) is 90.2 Å². The van der Waals surface area contributed by atoms with Gasteiger partial charge in [0.25, 0.3) is 0 Å². The van der Waals surface area contributed by atoms with Gasteiger partial charge >= 0.3 is 0 Å². The number of rotatable bonds is 7. The Bertz CT molecular complexity index is 1070. The molecular weight excluding hydrogens is 435 g/mol. The van der Waals surface area contributed by atoms with Crippen molar-refractivity contribution in [1.82, 2.24) is 0 Å². The Balaban J connectivity index is 1.45. The molecule has 3 aromatic rings. The van der Waals surface area contributed by atoms with Crippen LogP contribution in [0, 0.1) is 11.7 Å². The zero-order valence-corrected chi connectivity index (χ0v) is 19.1. The number of amides is 2. The van der Waals surface area contributed by atoms with Gasteiger partial charge in [0.05, 0.1) is 0 Å². The first kappa shape index (κ1) is 23.1. The Labute approximate surface area is 198 Å². The normalized spacial score (nSPS) is 14.9. The maximum atomic E-state index is 13.2. The van der Waals surface area contributed by atoms with E-state index in [1.54, 1.807) is 12.1 Å². The highest BCUT2D eigenvalue weighted by Gasteiger charge is 2.23. The minimum absolute atomic E-state index is 0.0935. The van der Waals surface area contributed by atoms with Crippen molar-refractivity contribution in [3.8, 4) is 0 Å². The van der Waals surface area contributed by atoms with E-state index in [0.717, 1.165) is 41.8 Å². The number of thioether (sulfide) groups is 1. The highest BCUT2D eigenvalue weighted by Crippen LogP contribution is 2.37. The fourth-order valence-corrected chi connectivity index (χ4v) is 5.03. The minimum atomic E-state index is -0.487. The first-order valence-electron chi connectivity index (χ1n) is 11.3. The molecular formula is C27H27FN2O2S. The molecule has 0 aromatic heterocycles. The summed E-state index contributed by atoms with van der Waals surface area (Å²) in [6.45, 7) is 0. The summed E-state index contributed by atoms with van der Waals surface area (Å²) in [7, 11) is 0. The molecule has 2 N–H and O–H groups in total. The van der Waals surface area contributed by atoms with Crippen molar-refractivity contribution in [3.63, 3.8) is 0 Å². The van der Waals surface area contributed by atoms with Crippen molar-refractivity contribution in [2.24, 2.45) is 5.92 Å². The smallest absolute Gasteiger partial charge is 0.242 e. The zero-order chi connectivity index (χ0) is 23.0. The van der Waals surface area contributed by atoms with Crippen LogP contribution in [0.15, 0.2) is 83.8 Å². The monoisotopic (exact) mass is 462 g/mol. The standard InChI is InChI=1S/C27H27FN2O2S/c28-21-11-13-22(14-12-21)30-27(32)25(19-7-3-1-4-8-19)33-24-17-15-23(16-18-24)29-26(31)20-9-5-2-6-10-20/h1,3-4,7-8,11-18,20,25H,2,5-6,9-10H2,(H,29,31)(H,30,32). The highest BCUT2D eigenvalue weighted by atomic mass is 32.2. The summed E-state index contributed by atoms with van der Waals surface area (Å²) in [5.41, 5.74) is 2.18. The minimum Gasteiger partial charge on any atom is -0.326 e. The maximum Gasteiger partial charge on any atom is 0.242 e. The van der Waals surface area contributed by atoms with E-state index in [4.69, 9.17) is 0 Å². The van der Waals surface area contributed by atoms with Gasteiger partial charge in [0, 0.05) is 22.2 Å². The third-order valence-electron chi connectivity index (χ3n) is 5.80. The van der Waals surface area contributed by atoms with Crippen LogP contribution < -0.4 is 10.6 Å². The summed E-state index contributed by atoms with van der Waals surface area (Å²) in [6.07, 6.45) is 5.37. The average Bonchev–Trinajstić information content (AvgIpc) is 2.86. The van der Waals surface area contributed by atoms with E-state index in [9.17, 15) is 14.0 Å². The van der Waals surface area contributed by atoms with Crippen LogP contribution in [0.4, 0.5) is 15.8 Å². The van der Waals surface area contributed by atoms with Gasteiger partial charge in [-0.2, -0.15) is 0 Å². The van der Waals surface area contributed by atoms with E-state index in [0.29, 0.717) is 5.69 Å². The Morgan fingerprint density at radius 3 is 2.06 bits per heavy atom. The first-order valence-corrected chi connectivity index (χ1v) is 12.2. The Kier molecular flexibility index (Phi) is 7.79. The molecule has 6 heteroatoms. The topological polar surface area (TPSA) is 58.2 Å². The number of nitrogens with one attached hydrogen (secondary N) is 2. The molecule has 170 valence electrons. The van der Waals surface area contributed by atoms with Gasteiger partial charge in [-0.3, -0.25) is 9.59 Å². The SMILES string of the molecule is O=C(Nc1ccc(SC(C(=O)Nc2ccc(F)cc2)c2ccccc2)cc1)C1CCCCC1. The maximum absolute atomic E-state index is 13.2. The summed E-state index contributed by atoms with van der Waals surface area (Å²) in [5, 5.41) is 5.42. The summed E-state index contributed by atoms with van der Waals surface area (Å²) >= 11 is 1.43. The van der Waals surface area contributed by atoms with Gasteiger partial charge in [-0.25, -0.2) is 4.39 Å². The number of halogens is 1. The number of hydrogen-bond donors (Lipinski definition) is 2. The molecule has 0 saturated heterocycles. The molecule has 2 amide bonds. The number of hydrogen-bond acceptors (Lipinski definition) is 3. The first-order chi connectivity index (χ1) is 16.1. The molecule has 1 aliphatic rings. The second kappa shape index (κ2) is 11.1. The number of benzene rings is 3. The van der Waals surface area contributed by atoms with E-state index in [1.807, 2.05) is 54.6 Å². The van der Waals surface area contributed by atoms with Gasteiger partial charge in [-0.05, 0) is 66.9 Å². The lowest BCUT2D eigenvalue weighted by Crippen LogP contribution is -2.24. The second-order valence-electron chi connectivity index (χ2n) is 8.25. The fourth-order valence-electron chi connectivity index (χ4n) is 4.00. The van der Waals surface area contributed by atoms with Gasteiger partial charge in [0.1, 0.15) is 11.1 Å². The van der Waals surface area contributed by atoms with Crippen LogP contribution in [0.2, 0.25) is 0 Å². The van der Waals surface area contributed by atoms with Gasteiger partial charge in [0.2, 0.25) is 11.8 Å². The molecule has 0 heterocycles. The highest BCUT2D eigenvalue weighted by molar-refractivity contribution is 8.00. The Hall–Kier alpha value is -3.12. The van der Waals surface area contributed by atoms with Gasteiger partial charge in [-0.15, -0.1) is 11.8 Å². The van der Waals surface area contributed by atoms with E-state index in [2.05, 4.69) is 10.6 Å². The summed E-state index contributed by atoms with van der Waals surface area (Å²) in [5.74, 6) is -0.341. The van der Waals surface area contributed by atoms with Gasteiger partial charge in [0.15, 0.2) is 0 Å². The molecule has 1 unspecified atom stereocenters. The van der Waals surface area contributed by atoms with Crippen LogP contribution in [-0.2, 0) is 9.59 Å². The molecule has 1 fully saturated rings. The molecule has 33 heavy (non-hydrogen) atoms. The summed E-state index contributed by atoms with van der Waals surface area (Å²) in [4.78, 5) is 26.5. The fraction of sp³-hybridized carbons (Fsp3) is 0.259. The lowest BCUT2D eigenvalue weighted by molar-refractivity contribution is -0.120. The van der Waals surface area contributed by atoms with E-state index >= 15 is 0 Å². The van der Waals surface area contributed by atoms with Crippen LogP contribution in [-0.4, -0.2) is 11.8 Å². The molecule has 0 radical (unpaired) electrons. The largest absolute Gasteiger partial charge is 0.326 e. The van der Waals surface area contributed by atoms with Crippen LogP contribution in [0.1, 0.15) is 42.9 Å². The number of carbonyl (C=O) groups is 2. The molecule has 4 rings (SSSR count). The van der Waals surface area contributed by atoms with Crippen molar-refractivity contribution >= 4 is 35.0 Å². The predicted octanol–water partition coefficient (Wildman–Crippen LogP) is 6.82. The van der Waals surface area contributed by atoms with E-state index in [-0.39, 0.29) is 23.5 Å². The quantitative estimate of drug-likeness (QED) is 0.379. The number of anilines is 2. The third kappa shape index (κ3) is 6.45. The van der Waals surface area contributed by atoms with Crippen LogP contribution in [0.3, 0.4) is 0 Å². The molecule has 1 saturated carbocycles. The van der Waals surface area contributed by atoms with Gasteiger partial charge in [-0.1, -0.05) is 49.6 Å². The molecule has 1 atom stereocenters. The van der Waals surface area contributed by atoms with Gasteiger partial charge < -0.3 is 10.6 Å². The third-order valence-corrected chi connectivity index (χ3v) is 7.07. The van der Waals surface area contributed by atoms with Crippen LogP contribution in [0.25, 0.3) is 0 Å².